The lowest BCUT2D eigenvalue weighted by molar-refractivity contribution is -0.174. The minimum atomic E-state index is -2.27. The first kappa shape index (κ1) is 36.8. The van der Waals surface area contributed by atoms with E-state index in [-0.39, 0.29) is 44.6 Å². The predicted molar refractivity (Wildman–Crippen MR) is 200 cm³/mol. The molecule has 0 saturated heterocycles. The smallest absolute Gasteiger partial charge is 0.189 e. The summed E-state index contributed by atoms with van der Waals surface area (Å²) in [6.45, 7) is 4.87. The van der Waals surface area contributed by atoms with Crippen LogP contribution in [0.5, 0.6) is 0 Å². The lowest BCUT2D eigenvalue weighted by atomic mass is 10.00. The summed E-state index contributed by atoms with van der Waals surface area (Å²) in [6.07, 6.45) is -3.29. The van der Waals surface area contributed by atoms with Crippen LogP contribution in [-0.4, -0.2) is 44.6 Å². The van der Waals surface area contributed by atoms with Crippen LogP contribution >= 0.6 is 0 Å². The summed E-state index contributed by atoms with van der Waals surface area (Å²) in [5, 5.41) is 1.17. The number of carbonyl (C=O) groups excluding carboxylic acids is 2. The van der Waals surface area contributed by atoms with E-state index in [1.807, 2.05) is 140 Å². The van der Waals surface area contributed by atoms with E-state index >= 15 is 0 Å². The molecule has 0 spiro atoms. The van der Waals surface area contributed by atoms with Gasteiger partial charge in [-0.05, 0) is 22.3 Å². The van der Waals surface area contributed by atoms with Gasteiger partial charge in [0.25, 0.3) is 0 Å². The van der Waals surface area contributed by atoms with Gasteiger partial charge in [0.2, 0.25) is 0 Å². The first-order chi connectivity index (χ1) is 24.4. The summed E-state index contributed by atoms with van der Waals surface area (Å²) in [7, 11) is -2.27. The normalized spacial score (nSPS) is 13.3. The molecule has 0 radical (unpaired) electrons. The standard InChI is InChI=1S/C43H46O6Si/c1-50(2,38-26-16-7-17-27-38)33-40(45)42(48-30-36-22-12-5-13-23-36)43(49-31-37-24-14-6-15-25-37)41(47-29-35-20-10-4-11-21-35)39(44)32-46-28-34-18-8-3-9-19-34/h3-27,41-43H,28-33H2,1-2H3/t41-,42+,43+/m1/s1. The number of Topliss-reactive ketones (excluding diaryl/α,β-unsaturated/α-hetero) is 2. The maximum atomic E-state index is 14.6. The van der Waals surface area contributed by atoms with E-state index in [2.05, 4.69) is 25.2 Å². The van der Waals surface area contributed by atoms with Gasteiger partial charge in [0, 0.05) is 6.04 Å². The van der Waals surface area contributed by atoms with Gasteiger partial charge < -0.3 is 18.9 Å². The molecule has 0 saturated carbocycles. The summed E-state index contributed by atoms with van der Waals surface area (Å²) in [5.41, 5.74) is 3.65. The van der Waals surface area contributed by atoms with Crippen molar-refractivity contribution in [3.63, 3.8) is 0 Å². The molecule has 0 aromatic heterocycles. The van der Waals surface area contributed by atoms with Crippen LogP contribution in [0.25, 0.3) is 0 Å². The van der Waals surface area contributed by atoms with Gasteiger partial charge >= 0.3 is 0 Å². The van der Waals surface area contributed by atoms with Gasteiger partial charge in [0.15, 0.2) is 11.6 Å². The minimum absolute atomic E-state index is 0.120. The van der Waals surface area contributed by atoms with Crippen molar-refractivity contribution in [2.75, 3.05) is 6.61 Å². The van der Waals surface area contributed by atoms with E-state index in [1.165, 1.54) is 5.19 Å². The molecule has 0 fully saturated rings. The van der Waals surface area contributed by atoms with Crippen molar-refractivity contribution in [3.8, 4) is 0 Å². The van der Waals surface area contributed by atoms with Crippen LogP contribution in [-0.2, 0) is 55.0 Å². The van der Waals surface area contributed by atoms with Crippen molar-refractivity contribution in [2.45, 2.75) is 63.9 Å². The molecule has 0 amide bonds. The molecule has 5 aromatic carbocycles. The van der Waals surface area contributed by atoms with E-state index in [0.29, 0.717) is 6.04 Å². The molecule has 0 bridgehead atoms. The second-order valence-electron chi connectivity index (χ2n) is 13.0. The second kappa shape index (κ2) is 19.0. The summed E-state index contributed by atoms with van der Waals surface area (Å²) < 4.78 is 25.6. The predicted octanol–water partition coefficient (Wildman–Crippen LogP) is 7.71. The van der Waals surface area contributed by atoms with Crippen molar-refractivity contribution in [2.24, 2.45) is 0 Å². The molecular weight excluding hydrogens is 641 g/mol. The van der Waals surface area contributed by atoms with Crippen LogP contribution in [0.1, 0.15) is 22.3 Å². The van der Waals surface area contributed by atoms with Gasteiger partial charge in [-0.1, -0.05) is 170 Å². The Labute approximate surface area is 297 Å². The highest BCUT2D eigenvalue weighted by atomic mass is 28.3. The number of hydrogen-bond donors (Lipinski definition) is 0. The molecule has 0 aliphatic carbocycles. The lowest BCUT2D eigenvalue weighted by Crippen LogP contribution is -2.53. The van der Waals surface area contributed by atoms with Crippen LogP contribution in [0.2, 0.25) is 19.1 Å². The van der Waals surface area contributed by atoms with Gasteiger partial charge in [0.05, 0.1) is 34.5 Å². The van der Waals surface area contributed by atoms with Gasteiger partial charge in [-0.3, -0.25) is 9.59 Å². The maximum absolute atomic E-state index is 14.6. The van der Waals surface area contributed by atoms with Crippen LogP contribution in [0, 0.1) is 0 Å². The van der Waals surface area contributed by atoms with Gasteiger partial charge in [0.1, 0.15) is 24.9 Å². The summed E-state index contributed by atoms with van der Waals surface area (Å²) in [6, 6.07) is 49.2. The Morgan fingerprint density at radius 2 is 0.840 bits per heavy atom. The zero-order valence-electron chi connectivity index (χ0n) is 28.9. The molecule has 5 rings (SSSR count). The molecule has 7 heteroatoms. The number of carbonyl (C=O) groups is 2. The first-order valence-electron chi connectivity index (χ1n) is 17.1. The number of ether oxygens (including phenoxy) is 4. The fraction of sp³-hybridized carbons (Fsp3) is 0.256. The van der Waals surface area contributed by atoms with Gasteiger partial charge in [-0.25, -0.2) is 0 Å². The Morgan fingerprint density at radius 3 is 1.28 bits per heavy atom. The Kier molecular flexibility index (Phi) is 14.0. The zero-order valence-corrected chi connectivity index (χ0v) is 29.9. The molecule has 0 aliphatic heterocycles. The van der Waals surface area contributed by atoms with Crippen molar-refractivity contribution < 1.29 is 28.5 Å². The topological polar surface area (TPSA) is 71.1 Å². The van der Waals surface area contributed by atoms with Crippen molar-refractivity contribution in [3.05, 3.63) is 174 Å². The average Bonchev–Trinajstić information content (AvgIpc) is 3.15. The van der Waals surface area contributed by atoms with Crippen molar-refractivity contribution in [1.29, 1.82) is 0 Å². The van der Waals surface area contributed by atoms with Crippen molar-refractivity contribution in [1.82, 2.24) is 0 Å². The van der Waals surface area contributed by atoms with Crippen LogP contribution in [0.3, 0.4) is 0 Å². The van der Waals surface area contributed by atoms with Gasteiger partial charge in [-0.15, -0.1) is 0 Å². The van der Waals surface area contributed by atoms with Crippen LogP contribution in [0.4, 0.5) is 0 Å². The Bertz CT molecular complexity index is 1720. The molecule has 5 aromatic rings. The average molecular weight is 687 g/mol. The summed E-state index contributed by atoms with van der Waals surface area (Å²) in [4.78, 5) is 28.9. The van der Waals surface area contributed by atoms with E-state index in [4.69, 9.17) is 18.9 Å². The van der Waals surface area contributed by atoms with Crippen molar-refractivity contribution >= 4 is 24.8 Å². The Hall–Kier alpha value is -4.50. The largest absolute Gasteiger partial charge is 0.369 e. The fourth-order valence-corrected chi connectivity index (χ4v) is 8.19. The zero-order chi connectivity index (χ0) is 35.0. The minimum Gasteiger partial charge on any atom is -0.369 e. The number of hydrogen-bond acceptors (Lipinski definition) is 6. The third kappa shape index (κ3) is 11.3. The first-order valence-corrected chi connectivity index (χ1v) is 20.3. The number of ketones is 2. The molecule has 0 unspecified atom stereocenters. The van der Waals surface area contributed by atoms with Crippen LogP contribution in [0.15, 0.2) is 152 Å². The molecule has 6 nitrogen and oxygen atoms in total. The fourth-order valence-electron chi connectivity index (χ4n) is 5.82. The highest BCUT2D eigenvalue weighted by Crippen LogP contribution is 2.24. The molecule has 0 aliphatic rings. The van der Waals surface area contributed by atoms with E-state index in [0.717, 1.165) is 22.3 Å². The molecule has 3 atom stereocenters. The summed E-state index contributed by atoms with van der Waals surface area (Å²) >= 11 is 0. The number of benzene rings is 5. The molecule has 0 N–H and O–H groups in total. The Morgan fingerprint density at radius 1 is 0.480 bits per heavy atom. The van der Waals surface area contributed by atoms with E-state index in [1.54, 1.807) is 0 Å². The SMILES string of the molecule is C[Si](C)(CC(=O)[C@H](OCc1ccccc1)[C@@H](OCc1ccccc1)[C@H](OCc1ccccc1)C(=O)COCc1ccccc1)c1ccccc1. The second-order valence-corrected chi connectivity index (χ2v) is 17.7. The quantitative estimate of drug-likeness (QED) is 0.0782. The molecular formula is C43H46O6Si. The molecule has 258 valence electrons. The Balaban J connectivity index is 1.49. The molecule has 50 heavy (non-hydrogen) atoms. The maximum Gasteiger partial charge on any atom is 0.189 e. The van der Waals surface area contributed by atoms with E-state index in [9.17, 15) is 9.59 Å². The highest BCUT2D eigenvalue weighted by molar-refractivity contribution is 6.91. The van der Waals surface area contributed by atoms with E-state index < -0.39 is 26.4 Å². The molecule has 0 heterocycles. The van der Waals surface area contributed by atoms with Crippen LogP contribution < -0.4 is 5.19 Å². The monoisotopic (exact) mass is 686 g/mol. The highest BCUT2D eigenvalue weighted by Gasteiger charge is 2.42. The third-order valence-corrected chi connectivity index (χ3v) is 11.7. The summed E-state index contributed by atoms with van der Waals surface area (Å²) in [5.74, 6) is -0.443. The third-order valence-electron chi connectivity index (χ3n) is 8.59. The number of rotatable bonds is 20. The van der Waals surface area contributed by atoms with Gasteiger partial charge in [-0.2, -0.15) is 0 Å². The lowest BCUT2D eigenvalue weighted by Gasteiger charge is -2.34.